The highest BCUT2D eigenvalue weighted by Crippen LogP contribution is 2.67. The van der Waals surface area contributed by atoms with E-state index in [1.54, 1.807) is 0 Å². The van der Waals surface area contributed by atoms with Gasteiger partial charge in [0.15, 0.2) is 28.8 Å². The standard InChI is InChI=1S/C38H52O6/c1-22(2)11-13-27(25(7)8)20-37-21-28(15-12-23(3)4)36(9,10)38(35(37)44,18-17-24(5)6)34(43)31(33(37)42)32(41)26-14-16-29(39)30(40)19-26/h11-12,14,16-17,19,25,27-28,39-40,42H,13,15,18,20-21H2,1-10H3/t27-,28?,37-,38+/m1/s1. The van der Waals surface area contributed by atoms with Crippen LogP contribution in [-0.4, -0.2) is 32.7 Å². The second-order valence-corrected chi connectivity index (χ2v) is 14.8. The van der Waals surface area contributed by atoms with E-state index in [4.69, 9.17) is 0 Å². The first-order chi connectivity index (χ1) is 20.3. The summed E-state index contributed by atoms with van der Waals surface area (Å²) in [5, 5.41) is 32.3. The van der Waals surface area contributed by atoms with E-state index in [0.29, 0.717) is 25.7 Å². The van der Waals surface area contributed by atoms with E-state index in [2.05, 4.69) is 26.0 Å². The van der Waals surface area contributed by atoms with Crippen molar-refractivity contribution >= 4 is 17.3 Å². The van der Waals surface area contributed by atoms with Crippen molar-refractivity contribution in [2.75, 3.05) is 0 Å². The van der Waals surface area contributed by atoms with Crippen LogP contribution in [0, 0.1) is 34.0 Å². The Balaban J connectivity index is 2.45. The van der Waals surface area contributed by atoms with E-state index < -0.39 is 45.1 Å². The molecule has 6 nitrogen and oxygen atoms in total. The summed E-state index contributed by atoms with van der Waals surface area (Å²) in [5.74, 6) is -3.02. The van der Waals surface area contributed by atoms with Gasteiger partial charge in [0.1, 0.15) is 16.7 Å². The Labute approximate surface area is 263 Å². The molecule has 4 atom stereocenters. The number of hydrogen-bond acceptors (Lipinski definition) is 6. The zero-order valence-corrected chi connectivity index (χ0v) is 28.3. The monoisotopic (exact) mass is 604 g/mol. The zero-order chi connectivity index (χ0) is 33.4. The maximum atomic E-state index is 15.2. The number of phenols is 2. The lowest BCUT2D eigenvalue weighted by molar-refractivity contribution is -0.173. The maximum absolute atomic E-state index is 15.2. The van der Waals surface area contributed by atoms with Crippen molar-refractivity contribution in [3.63, 3.8) is 0 Å². The normalized spacial score (nSPS) is 25.0. The van der Waals surface area contributed by atoms with Crippen molar-refractivity contribution < 1.29 is 29.7 Å². The highest BCUT2D eigenvalue weighted by molar-refractivity contribution is 6.35. The second kappa shape index (κ2) is 12.9. The number of Topliss-reactive ketones (excluding diaryl/α,β-unsaturated/α-hetero) is 3. The van der Waals surface area contributed by atoms with Crippen LogP contribution in [-0.2, 0) is 9.59 Å². The van der Waals surface area contributed by atoms with Crippen LogP contribution >= 0.6 is 0 Å². The van der Waals surface area contributed by atoms with Crippen molar-refractivity contribution in [2.24, 2.45) is 34.0 Å². The summed E-state index contributed by atoms with van der Waals surface area (Å²) in [6, 6.07) is 3.60. The van der Waals surface area contributed by atoms with Crippen LogP contribution in [0.3, 0.4) is 0 Å². The number of phenolic OH excluding ortho intramolecular Hbond substituents is 2. The van der Waals surface area contributed by atoms with Gasteiger partial charge in [-0.25, -0.2) is 0 Å². The third kappa shape index (κ3) is 6.09. The summed E-state index contributed by atoms with van der Waals surface area (Å²) < 4.78 is 0. The molecule has 1 aromatic rings. The summed E-state index contributed by atoms with van der Waals surface area (Å²) >= 11 is 0. The van der Waals surface area contributed by atoms with Gasteiger partial charge in [0.2, 0.25) is 0 Å². The van der Waals surface area contributed by atoms with Crippen molar-refractivity contribution in [3.05, 3.63) is 70.0 Å². The quantitative estimate of drug-likeness (QED) is 0.0764. The van der Waals surface area contributed by atoms with Gasteiger partial charge in [-0.1, -0.05) is 62.6 Å². The van der Waals surface area contributed by atoms with Crippen LogP contribution in [0.25, 0.3) is 0 Å². The summed E-state index contributed by atoms with van der Waals surface area (Å²) in [7, 11) is 0. The highest BCUT2D eigenvalue weighted by atomic mass is 16.3. The molecule has 2 aliphatic carbocycles. The van der Waals surface area contributed by atoms with Gasteiger partial charge in [-0.05, 0) is 115 Å². The first-order valence-corrected chi connectivity index (χ1v) is 15.8. The van der Waals surface area contributed by atoms with E-state index in [0.717, 1.165) is 22.8 Å². The number of carbonyl (C=O) groups is 3. The summed E-state index contributed by atoms with van der Waals surface area (Å²) in [4.78, 5) is 44.3. The van der Waals surface area contributed by atoms with E-state index in [1.807, 2.05) is 61.5 Å². The minimum atomic E-state index is -1.59. The predicted molar refractivity (Wildman–Crippen MR) is 176 cm³/mol. The molecule has 3 N–H and O–H groups in total. The van der Waals surface area contributed by atoms with Crippen molar-refractivity contribution in [1.82, 2.24) is 0 Å². The molecule has 1 aromatic carbocycles. The highest BCUT2D eigenvalue weighted by Gasteiger charge is 2.72. The number of carbonyl (C=O) groups excluding carboxylic acids is 3. The average Bonchev–Trinajstić information content (AvgIpc) is 2.91. The fourth-order valence-corrected chi connectivity index (χ4v) is 7.26. The van der Waals surface area contributed by atoms with Crippen LogP contribution in [0.15, 0.2) is 64.5 Å². The molecule has 0 saturated heterocycles. The third-order valence-corrected chi connectivity index (χ3v) is 10.3. The molecule has 0 amide bonds. The first-order valence-electron chi connectivity index (χ1n) is 15.8. The summed E-state index contributed by atoms with van der Waals surface area (Å²) in [6.07, 6.45) is 8.28. The lowest BCUT2D eigenvalue weighted by Crippen LogP contribution is -2.67. The van der Waals surface area contributed by atoms with Crippen molar-refractivity contribution in [1.29, 1.82) is 0 Å². The van der Waals surface area contributed by atoms with E-state index in [9.17, 15) is 24.9 Å². The third-order valence-electron chi connectivity index (χ3n) is 10.3. The molecule has 1 unspecified atom stereocenters. The van der Waals surface area contributed by atoms with Crippen LogP contribution in [0.2, 0.25) is 0 Å². The van der Waals surface area contributed by atoms with Crippen LogP contribution in [0.4, 0.5) is 0 Å². The zero-order valence-electron chi connectivity index (χ0n) is 28.3. The second-order valence-electron chi connectivity index (χ2n) is 14.8. The molecule has 240 valence electrons. The van der Waals surface area contributed by atoms with Crippen molar-refractivity contribution in [3.8, 4) is 11.5 Å². The number of allylic oxidation sites excluding steroid dienone is 8. The lowest BCUT2D eigenvalue weighted by atomic mass is 9.39. The Hall–Kier alpha value is -3.41. The number of rotatable bonds is 11. The SMILES string of the molecule is CC(C)=CCC1C[C@@]2(C[C@@H](CC=C(C)C)C(C)C)C(=O)[C@](CC=C(C)C)(C(=O)C(C(=O)c3ccc(O)c(O)c3)=C2O)C1(C)C. The topological polar surface area (TPSA) is 112 Å². The fraction of sp³-hybridized carbons (Fsp3) is 0.553. The fourth-order valence-electron chi connectivity index (χ4n) is 7.26. The van der Waals surface area contributed by atoms with E-state index >= 15 is 4.79 Å². The van der Waals surface area contributed by atoms with Gasteiger partial charge in [0, 0.05) is 5.56 Å². The van der Waals surface area contributed by atoms with Gasteiger partial charge >= 0.3 is 0 Å². The Kier molecular flexibility index (Phi) is 10.3. The van der Waals surface area contributed by atoms with E-state index in [1.165, 1.54) is 12.1 Å². The van der Waals surface area contributed by atoms with Gasteiger partial charge < -0.3 is 15.3 Å². The number of benzene rings is 1. The molecule has 1 fully saturated rings. The molecule has 0 spiro atoms. The summed E-state index contributed by atoms with van der Waals surface area (Å²) in [6.45, 7) is 20.1. The Morgan fingerprint density at radius 3 is 2.02 bits per heavy atom. The molecule has 44 heavy (non-hydrogen) atoms. The number of ketones is 3. The average molecular weight is 605 g/mol. The number of fused-ring (bicyclic) bond motifs is 2. The number of aliphatic hydroxyl groups excluding tert-OH is 1. The molecular formula is C38H52O6. The van der Waals surface area contributed by atoms with Gasteiger partial charge in [-0.2, -0.15) is 0 Å². The Morgan fingerprint density at radius 2 is 1.50 bits per heavy atom. The Morgan fingerprint density at radius 1 is 0.909 bits per heavy atom. The molecule has 6 heteroatoms. The van der Waals surface area contributed by atoms with E-state index in [-0.39, 0.29) is 41.1 Å². The number of aromatic hydroxyl groups is 2. The molecule has 0 aromatic heterocycles. The molecule has 0 aliphatic heterocycles. The maximum Gasteiger partial charge on any atom is 0.200 e. The van der Waals surface area contributed by atoms with Crippen LogP contribution in [0.5, 0.6) is 11.5 Å². The van der Waals surface area contributed by atoms with Crippen LogP contribution in [0.1, 0.15) is 112 Å². The predicted octanol–water partition coefficient (Wildman–Crippen LogP) is 8.99. The Bertz CT molecular complexity index is 1440. The van der Waals surface area contributed by atoms with Gasteiger partial charge in [0.05, 0.1) is 5.41 Å². The molecule has 2 bridgehead atoms. The largest absolute Gasteiger partial charge is 0.510 e. The molecule has 0 heterocycles. The van der Waals surface area contributed by atoms with Gasteiger partial charge in [-0.3, -0.25) is 14.4 Å². The first kappa shape index (κ1) is 35.1. The van der Waals surface area contributed by atoms with Crippen molar-refractivity contribution in [2.45, 2.75) is 101 Å². The molecular weight excluding hydrogens is 552 g/mol. The molecule has 0 radical (unpaired) electrons. The minimum absolute atomic E-state index is 0.00439. The minimum Gasteiger partial charge on any atom is -0.510 e. The van der Waals surface area contributed by atoms with Gasteiger partial charge in [0.25, 0.3) is 0 Å². The lowest BCUT2D eigenvalue weighted by Gasteiger charge is -2.61. The molecule has 3 rings (SSSR count). The number of hydrogen-bond donors (Lipinski definition) is 3. The number of aliphatic hydroxyl groups is 1. The molecule has 2 aliphatic rings. The summed E-state index contributed by atoms with van der Waals surface area (Å²) in [5.41, 5.74) is -1.05. The molecule has 1 saturated carbocycles. The van der Waals surface area contributed by atoms with Gasteiger partial charge in [-0.15, -0.1) is 0 Å². The smallest absolute Gasteiger partial charge is 0.200 e. The van der Waals surface area contributed by atoms with Crippen LogP contribution < -0.4 is 0 Å².